The number of nitrogens with zero attached hydrogens (tertiary/aromatic N) is 5. The van der Waals surface area contributed by atoms with Crippen molar-refractivity contribution in [2.75, 3.05) is 5.32 Å². The molecule has 0 aliphatic heterocycles. The van der Waals surface area contributed by atoms with E-state index in [0.29, 0.717) is 34.5 Å². The minimum absolute atomic E-state index is 0.249. The van der Waals surface area contributed by atoms with Crippen LogP contribution in [0.3, 0.4) is 0 Å². The number of benzene rings is 2. The second-order valence-electron chi connectivity index (χ2n) is 8.79. The molecule has 8 nitrogen and oxygen atoms in total. The van der Waals surface area contributed by atoms with Crippen LogP contribution >= 0.6 is 0 Å². The van der Waals surface area contributed by atoms with E-state index in [1.807, 2.05) is 97.4 Å². The molecule has 37 heavy (non-hydrogen) atoms. The summed E-state index contributed by atoms with van der Waals surface area (Å²) >= 11 is 0. The van der Waals surface area contributed by atoms with Crippen LogP contribution in [-0.2, 0) is 6.54 Å². The van der Waals surface area contributed by atoms with Crippen molar-refractivity contribution >= 4 is 22.6 Å². The second-order valence-corrected chi connectivity index (χ2v) is 8.79. The first kappa shape index (κ1) is 22.5. The molecule has 1 N–H and O–H groups in total. The van der Waals surface area contributed by atoms with E-state index in [1.165, 1.54) is 0 Å². The van der Waals surface area contributed by atoms with Crippen molar-refractivity contribution in [3.63, 3.8) is 0 Å². The van der Waals surface area contributed by atoms with Crippen LogP contribution < -0.4 is 5.32 Å². The molecule has 0 aliphatic carbocycles. The maximum Gasteiger partial charge on any atom is 0.256 e. The Labute approximate surface area is 213 Å². The van der Waals surface area contributed by atoms with Crippen LogP contribution in [0.2, 0.25) is 0 Å². The van der Waals surface area contributed by atoms with Crippen LogP contribution in [0.15, 0.2) is 95.7 Å². The van der Waals surface area contributed by atoms with Crippen molar-refractivity contribution in [2.24, 2.45) is 0 Å². The Morgan fingerprint density at radius 1 is 0.973 bits per heavy atom. The zero-order valence-corrected chi connectivity index (χ0v) is 20.4. The van der Waals surface area contributed by atoms with Crippen molar-refractivity contribution in [2.45, 2.75) is 20.4 Å². The molecule has 6 rings (SSSR count). The van der Waals surface area contributed by atoms with Gasteiger partial charge in [0, 0.05) is 5.56 Å². The fourth-order valence-corrected chi connectivity index (χ4v) is 4.48. The van der Waals surface area contributed by atoms with Gasteiger partial charge in [-0.15, -0.1) is 0 Å². The average molecular weight is 489 g/mol. The van der Waals surface area contributed by atoms with Gasteiger partial charge in [-0.25, -0.2) is 14.3 Å². The number of aryl methyl sites for hydroxylation is 1. The van der Waals surface area contributed by atoms with Gasteiger partial charge < -0.3 is 9.73 Å². The highest BCUT2D eigenvalue weighted by molar-refractivity contribution is 6.13. The van der Waals surface area contributed by atoms with Gasteiger partial charge >= 0.3 is 0 Å². The van der Waals surface area contributed by atoms with Crippen LogP contribution in [0, 0.1) is 13.8 Å². The molecule has 0 bridgehead atoms. The van der Waals surface area contributed by atoms with Crippen LogP contribution in [-0.4, -0.2) is 30.5 Å². The van der Waals surface area contributed by atoms with Gasteiger partial charge in [-0.3, -0.25) is 4.79 Å². The summed E-state index contributed by atoms with van der Waals surface area (Å²) in [4.78, 5) is 18.6. The molecule has 0 aliphatic rings. The predicted molar refractivity (Wildman–Crippen MR) is 142 cm³/mol. The van der Waals surface area contributed by atoms with Crippen molar-refractivity contribution in [3.8, 4) is 16.9 Å². The molecule has 0 fully saturated rings. The van der Waals surface area contributed by atoms with Gasteiger partial charge in [0.2, 0.25) is 0 Å². The number of nitrogens with one attached hydrogen (secondary N) is 1. The van der Waals surface area contributed by atoms with Crippen LogP contribution in [0.25, 0.3) is 28.0 Å². The first-order valence-corrected chi connectivity index (χ1v) is 12.0. The lowest BCUT2D eigenvalue weighted by Gasteiger charge is -2.10. The normalized spacial score (nSPS) is 11.2. The van der Waals surface area contributed by atoms with Crippen molar-refractivity contribution < 1.29 is 9.21 Å². The molecular formula is C29H24N6O2. The molecule has 0 saturated carbocycles. The highest BCUT2D eigenvalue weighted by atomic mass is 16.3. The summed E-state index contributed by atoms with van der Waals surface area (Å²) in [5.41, 5.74) is 5.89. The number of fused-ring (bicyclic) bond motifs is 1. The largest absolute Gasteiger partial charge is 0.467 e. The molecule has 4 aromatic heterocycles. The highest BCUT2D eigenvalue weighted by Gasteiger charge is 2.21. The number of carbonyl (C=O) groups is 1. The van der Waals surface area contributed by atoms with Gasteiger partial charge in [-0.05, 0) is 44.2 Å². The van der Waals surface area contributed by atoms with E-state index in [2.05, 4.69) is 15.5 Å². The molecule has 2 aromatic carbocycles. The third kappa shape index (κ3) is 4.18. The van der Waals surface area contributed by atoms with E-state index >= 15 is 0 Å². The van der Waals surface area contributed by atoms with Gasteiger partial charge in [-0.1, -0.05) is 48.5 Å². The number of amides is 1. The molecule has 0 atom stereocenters. The van der Waals surface area contributed by atoms with E-state index in [-0.39, 0.29) is 5.91 Å². The smallest absolute Gasteiger partial charge is 0.256 e. The number of hydrogen-bond donors (Lipinski definition) is 1. The van der Waals surface area contributed by atoms with Crippen molar-refractivity contribution in [1.82, 2.24) is 24.5 Å². The van der Waals surface area contributed by atoms with Gasteiger partial charge in [0.25, 0.3) is 5.91 Å². The minimum Gasteiger partial charge on any atom is -0.467 e. The summed E-state index contributed by atoms with van der Waals surface area (Å²) in [6, 6.07) is 25.2. The van der Waals surface area contributed by atoms with Crippen LogP contribution in [0.5, 0.6) is 0 Å². The summed E-state index contributed by atoms with van der Waals surface area (Å²) in [5.74, 6) is 0.503. The lowest BCUT2D eigenvalue weighted by molar-refractivity contribution is 0.102. The maximum absolute atomic E-state index is 13.8. The standard InChI is InChI=1S/C29H24N6O2/c1-19-27(20(2)35(33-19)22-12-7-4-8-13-22)32-29(36)24-16-26(21-10-5-3-6-11-21)31-28-25(24)17-30-34(28)18-23-14-9-15-37-23/h3-17H,18H2,1-2H3,(H,32,36). The first-order valence-electron chi connectivity index (χ1n) is 12.0. The lowest BCUT2D eigenvalue weighted by atomic mass is 10.1. The summed E-state index contributed by atoms with van der Waals surface area (Å²) in [7, 11) is 0. The van der Waals surface area contributed by atoms with E-state index in [9.17, 15) is 4.79 Å². The molecule has 0 spiro atoms. The summed E-state index contributed by atoms with van der Waals surface area (Å²) in [6.45, 7) is 4.24. The highest BCUT2D eigenvalue weighted by Crippen LogP contribution is 2.28. The van der Waals surface area contributed by atoms with Gasteiger partial charge in [0.15, 0.2) is 5.65 Å². The molecule has 182 valence electrons. The molecule has 1 amide bonds. The zero-order chi connectivity index (χ0) is 25.4. The first-order chi connectivity index (χ1) is 18.1. The number of hydrogen-bond acceptors (Lipinski definition) is 5. The van der Waals surface area contributed by atoms with Gasteiger partial charge in [0.1, 0.15) is 12.3 Å². The number of aromatic nitrogens is 5. The second kappa shape index (κ2) is 9.23. The topological polar surface area (TPSA) is 90.8 Å². The number of anilines is 1. The number of rotatable bonds is 6. The average Bonchev–Trinajstić information content (AvgIpc) is 3.66. The Kier molecular flexibility index (Phi) is 5.61. The Bertz CT molecular complexity index is 1700. The number of para-hydroxylation sites is 1. The van der Waals surface area contributed by atoms with Crippen LogP contribution in [0.1, 0.15) is 27.5 Å². The third-order valence-electron chi connectivity index (χ3n) is 6.34. The molecule has 4 heterocycles. The summed E-state index contributed by atoms with van der Waals surface area (Å²) < 4.78 is 9.10. The van der Waals surface area contributed by atoms with Crippen molar-refractivity contribution in [1.29, 1.82) is 0 Å². The number of carbonyl (C=O) groups excluding carboxylic acids is 1. The monoisotopic (exact) mass is 488 g/mol. The Morgan fingerprint density at radius 2 is 1.73 bits per heavy atom. The summed E-state index contributed by atoms with van der Waals surface area (Å²) in [6.07, 6.45) is 3.31. The van der Waals surface area contributed by atoms with Gasteiger partial charge in [-0.2, -0.15) is 10.2 Å². The number of pyridine rings is 1. The fourth-order valence-electron chi connectivity index (χ4n) is 4.48. The molecule has 6 aromatic rings. The summed E-state index contributed by atoms with van der Waals surface area (Å²) in [5, 5.41) is 13.0. The lowest BCUT2D eigenvalue weighted by Crippen LogP contribution is -2.14. The number of furan rings is 1. The van der Waals surface area contributed by atoms with Crippen molar-refractivity contribution in [3.05, 3.63) is 114 Å². The quantitative estimate of drug-likeness (QED) is 0.320. The Hall–Kier alpha value is -4.98. The SMILES string of the molecule is Cc1nn(-c2ccccc2)c(C)c1NC(=O)c1cc(-c2ccccc2)nc2c1cnn2Cc1ccco1. The molecule has 0 radical (unpaired) electrons. The predicted octanol–water partition coefficient (Wildman–Crippen LogP) is 5.79. The molecule has 0 unspecified atom stereocenters. The molecule has 0 saturated heterocycles. The van der Waals surface area contributed by atoms with E-state index in [4.69, 9.17) is 9.40 Å². The maximum atomic E-state index is 13.8. The van der Waals surface area contributed by atoms with E-state index < -0.39 is 0 Å². The van der Waals surface area contributed by atoms with Crippen LogP contribution in [0.4, 0.5) is 5.69 Å². The minimum atomic E-state index is -0.249. The van der Waals surface area contributed by atoms with Gasteiger partial charge in [0.05, 0.1) is 51.9 Å². The Morgan fingerprint density at radius 3 is 2.46 bits per heavy atom. The molecular weight excluding hydrogens is 464 g/mol. The van der Waals surface area contributed by atoms with E-state index in [1.54, 1.807) is 17.1 Å². The zero-order valence-electron chi connectivity index (χ0n) is 20.4. The molecule has 8 heteroatoms. The third-order valence-corrected chi connectivity index (χ3v) is 6.34. The fraction of sp³-hybridized carbons (Fsp3) is 0.103. The van der Waals surface area contributed by atoms with E-state index in [0.717, 1.165) is 28.4 Å². The Balaban J connectivity index is 1.43.